The molecule has 13 nitrogen and oxygen atoms in total. The molecule has 1 atom stereocenters. The Morgan fingerprint density at radius 2 is 0.972 bits per heavy atom. The molecule has 0 bridgehead atoms. The average molecular weight is 1020 g/mol. The predicted molar refractivity (Wildman–Crippen MR) is 295 cm³/mol. The zero-order valence-corrected chi connectivity index (χ0v) is 48.0. The van der Waals surface area contributed by atoms with Gasteiger partial charge in [0.1, 0.15) is 17.3 Å². The van der Waals surface area contributed by atoms with E-state index in [9.17, 15) is 19.2 Å². The third kappa shape index (κ3) is 39.2. The summed E-state index contributed by atoms with van der Waals surface area (Å²) in [7, 11) is 0. The maximum absolute atomic E-state index is 13.9. The highest BCUT2D eigenvalue weighted by Gasteiger charge is 2.32. The first-order valence-corrected chi connectivity index (χ1v) is 29.6. The molecule has 420 valence electrons. The fourth-order valence-electron chi connectivity index (χ4n) is 8.96. The summed E-state index contributed by atoms with van der Waals surface area (Å²) < 4.78 is 24.6. The minimum absolute atomic E-state index is 0.0293. The molecule has 13 heteroatoms. The highest BCUT2D eigenvalue weighted by Crippen LogP contribution is 2.21. The number of carbonyl (C=O) groups excluding carboxylic acids is 4. The van der Waals surface area contributed by atoms with Crippen molar-refractivity contribution in [1.29, 1.82) is 0 Å². The van der Waals surface area contributed by atoms with E-state index in [4.69, 9.17) is 18.9 Å². The molecule has 1 unspecified atom stereocenters. The Bertz CT molecular complexity index is 1450. The van der Waals surface area contributed by atoms with Crippen LogP contribution in [-0.4, -0.2) is 93.8 Å². The van der Waals surface area contributed by atoms with Gasteiger partial charge in [0, 0.05) is 31.8 Å². The Hall–Kier alpha value is -3.35. The molecule has 0 aliphatic rings. The fourth-order valence-corrected chi connectivity index (χ4v) is 8.96. The number of rotatable bonds is 46. The van der Waals surface area contributed by atoms with Gasteiger partial charge in [-0.1, -0.05) is 162 Å². The molecule has 0 spiro atoms. The smallest absolute Gasteiger partial charge is 0.413 e. The van der Waals surface area contributed by atoms with E-state index in [0.29, 0.717) is 32.4 Å². The number of hydrogen-bond acceptors (Lipinski definition) is 10. The molecule has 0 saturated carbocycles. The summed E-state index contributed by atoms with van der Waals surface area (Å²) in [4.78, 5) is 56.4. The number of aromatic nitrogens is 2. The normalized spacial score (nSPS) is 12.3. The summed E-state index contributed by atoms with van der Waals surface area (Å²) >= 11 is 0. The SMILES string of the molecule is CCCCCCCCCOC(=O)CCCCCCCN(CCCCCCCC(=O)OC(CCCCCCCC)CCCCCCCC)CCCN(C(=O)OC(C)(C)C)C(NC(=O)OC(C)(C)C)n1cccn1. The van der Waals surface area contributed by atoms with Crippen LogP contribution >= 0.6 is 0 Å². The van der Waals surface area contributed by atoms with Gasteiger partial charge in [-0.15, -0.1) is 0 Å². The van der Waals surface area contributed by atoms with Crippen LogP contribution < -0.4 is 5.32 Å². The van der Waals surface area contributed by atoms with E-state index in [-0.39, 0.29) is 18.0 Å². The molecule has 0 aliphatic carbocycles. The van der Waals surface area contributed by atoms with Gasteiger partial charge in [-0.2, -0.15) is 5.10 Å². The molecule has 1 heterocycles. The van der Waals surface area contributed by atoms with Crippen molar-refractivity contribution < 1.29 is 38.1 Å². The third-order valence-corrected chi connectivity index (χ3v) is 13.0. The van der Waals surface area contributed by atoms with Crippen molar-refractivity contribution in [3.8, 4) is 0 Å². The zero-order chi connectivity index (χ0) is 53.1. The monoisotopic (exact) mass is 1020 g/mol. The van der Waals surface area contributed by atoms with Crippen LogP contribution in [0.5, 0.6) is 0 Å². The lowest BCUT2D eigenvalue weighted by molar-refractivity contribution is -0.150. The van der Waals surface area contributed by atoms with Gasteiger partial charge in [0.15, 0.2) is 0 Å². The van der Waals surface area contributed by atoms with Crippen molar-refractivity contribution in [2.45, 2.75) is 304 Å². The Kier molecular flexibility index (Phi) is 39.8. The maximum atomic E-state index is 13.9. The second-order valence-electron chi connectivity index (χ2n) is 22.5. The molecule has 0 aromatic carbocycles. The van der Waals surface area contributed by atoms with Gasteiger partial charge < -0.3 is 23.8 Å². The van der Waals surface area contributed by atoms with E-state index in [1.807, 2.05) is 20.8 Å². The van der Waals surface area contributed by atoms with Crippen LogP contribution in [-0.2, 0) is 28.5 Å². The molecule has 0 fully saturated rings. The maximum Gasteiger partial charge on any atom is 0.413 e. The van der Waals surface area contributed by atoms with Gasteiger partial charge in [-0.05, 0) is 131 Å². The largest absolute Gasteiger partial charge is 0.466 e. The summed E-state index contributed by atoms with van der Waals surface area (Å²) in [6.07, 6.45) is 38.3. The molecule has 1 rings (SSSR count). The Morgan fingerprint density at radius 1 is 0.528 bits per heavy atom. The van der Waals surface area contributed by atoms with Crippen LogP contribution in [0.15, 0.2) is 18.5 Å². The van der Waals surface area contributed by atoms with Gasteiger partial charge in [-0.3, -0.25) is 19.8 Å². The van der Waals surface area contributed by atoms with Gasteiger partial charge in [0.25, 0.3) is 0 Å². The van der Waals surface area contributed by atoms with Crippen LogP contribution in [0.2, 0.25) is 0 Å². The lowest BCUT2D eigenvalue weighted by Crippen LogP contribution is -2.50. The van der Waals surface area contributed by atoms with E-state index in [1.165, 1.54) is 106 Å². The molecule has 72 heavy (non-hydrogen) atoms. The van der Waals surface area contributed by atoms with Crippen LogP contribution in [0.25, 0.3) is 0 Å². The van der Waals surface area contributed by atoms with E-state index in [1.54, 1.807) is 39.2 Å². The number of alkyl carbamates (subject to hydrolysis) is 1. The van der Waals surface area contributed by atoms with Gasteiger partial charge in [-0.25, -0.2) is 14.3 Å². The second-order valence-corrected chi connectivity index (χ2v) is 22.5. The summed E-state index contributed by atoms with van der Waals surface area (Å²) in [5, 5.41) is 7.26. The number of unbranched alkanes of at least 4 members (excludes halogenated alkanes) is 24. The van der Waals surface area contributed by atoms with Crippen molar-refractivity contribution in [3.63, 3.8) is 0 Å². The number of hydrogen-bond donors (Lipinski definition) is 1. The molecule has 1 aromatic rings. The molecular formula is C59H111N5O8. The number of amides is 2. The zero-order valence-electron chi connectivity index (χ0n) is 48.0. The van der Waals surface area contributed by atoms with Gasteiger partial charge >= 0.3 is 24.1 Å². The summed E-state index contributed by atoms with van der Waals surface area (Å²) in [5.74, 6) is -0.103. The van der Waals surface area contributed by atoms with Crippen molar-refractivity contribution in [3.05, 3.63) is 18.5 Å². The van der Waals surface area contributed by atoms with E-state index in [2.05, 4.69) is 36.1 Å². The van der Waals surface area contributed by atoms with Crippen molar-refractivity contribution >= 4 is 24.1 Å². The number of carbonyl (C=O) groups is 4. The van der Waals surface area contributed by atoms with Crippen molar-refractivity contribution in [2.24, 2.45) is 0 Å². The number of nitrogens with one attached hydrogen (secondary N) is 1. The quantitative estimate of drug-likeness (QED) is 0.0290. The average Bonchev–Trinajstić information content (AvgIpc) is 3.86. The predicted octanol–water partition coefficient (Wildman–Crippen LogP) is 16.2. The first kappa shape index (κ1) is 66.7. The van der Waals surface area contributed by atoms with Crippen LogP contribution in [0.4, 0.5) is 9.59 Å². The van der Waals surface area contributed by atoms with Crippen LogP contribution in [0.3, 0.4) is 0 Å². The molecular weight excluding hydrogens is 907 g/mol. The highest BCUT2D eigenvalue weighted by atomic mass is 16.6. The number of nitrogens with zero attached hydrogens (tertiary/aromatic N) is 4. The third-order valence-electron chi connectivity index (χ3n) is 13.0. The summed E-state index contributed by atoms with van der Waals surface area (Å²) in [6.45, 7) is 21.1. The van der Waals surface area contributed by atoms with E-state index in [0.717, 1.165) is 122 Å². The number of ether oxygens (including phenoxy) is 4. The Labute approximate surface area is 441 Å². The van der Waals surface area contributed by atoms with Crippen LogP contribution in [0, 0.1) is 0 Å². The standard InChI is InChI=1S/C59H111N5O8/c1-10-13-16-19-22-31-38-51-69-53(65)43-34-27-23-29-36-46-62(48-40-49-63(57(68)72-59(7,8)9)55(64-50-39-45-60-64)61-56(67)71-58(4,5)6)47-37-30-24-28-35-44-54(66)70-52(41-32-25-20-17-14-11-2)42-33-26-21-18-15-12-3/h39,45,50,52,55H,10-38,40-44,46-49,51H2,1-9H3,(H,61,67). The Morgan fingerprint density at radius 3 is 1.46 bits per heavy atom. The fraction of sp³-hybridized carbons (Fsp3) is 0.881. The molecule has 0 radical (unpaired) electrons. The highest BCUT2D eigenvalue weighted by molar-refractivity contribution is 5.71. The van der Waals surface area contributed by atoms with Crippen molar-refractivity contribution in [1.82, 2.24) is 24.9 Å². The minimum Gasteiger partial charge on any atom is -0.466 e. The van der Waals surface area contributed by atoms with E-state index >= 15 is 0 Å². The van der Waals surface area contributed by atoms with Gasteiger partial charge in [0.2, 0.25) is 6.29 Å². The van der Waals surface area contributed by atoms with Crippen LogP contribution in [0.1, 0.15) is 287 Å². The lowest BCUT2D eigenvalue weighted by Gasteiger charge is -2.34. The van der Waals surface area contributed by atoms with Crippen molar-refractivity contribution in [2.75, 3.05) is 32.8 Å². The lowest BCUT2D eigenvalue weighted by atomic mass is 10.0. The molecule has 1 N–H and O–H groups in total. The molecule has 0 aliphatic heterocycles. The molecule has 2 amide bonds. The van der Waals surface area contributed by atoms with E-state index < -0.39 is 29.7 Å². The molecule has 0 saturated heterocycles. The second kappa shape index (κ2) is 42.9. The van der Waals surface area contributed by atoms with Gasteiger partial charge in [0.05, 0.1) is 6.61 Å². The Balaban J connectivity index is 2.82. The minimum atomic E-state index is -0.959. The topological polar surface area (TPSA) is 142 Å². The first-order chi connectivity index (χ1) is 34.6. The first-order valence-electron chi connectivity index (χ1n) is 29.6. The summed E-state index contributed by atoms with van der Waals surface area (Å²) in [5.41, 5.74) is -1.48. The molecule has 1 aromatic heterocycles. The number of esters is 2. The summed E-state index contributed by atoms with van der Waals surface area (Å²) in [6, 6.07) is 1.75.